The highest BCUT2D eigenvalue weighted by molar-refractivity contribution is 5.75. The van der Waals surface area contributed by atoms with Crippen LogP contribution in [-0.4, -0.2) is 5.78 Å². The molecular formula is C11H20O. The highest BCUT2D eigenvalue weighted by atomic mass is 16.1. The van der Waals surface area contributed by atoms with Gasteiger partial charge < -0.3 is 4.79 Å². The zero-order chi connectivity index (χ0) is 8.97. The summed E-state index contributed by atoms with van der Waals surface area (Å²) in [6.07, 6.45) is 7.43. The molecule has 2 atom stereocenters. The lowest BCUT2D eigenvalue weighted by Gasteiger charge is -2.26. The smallest absolute Gasteiger partial charge is 0.129 e. The van der Waals surface area contributed by atoms with Gasteiger partial charge in [-0.1, -0.05) is 26.2 Å². The Bertz CT molecular complexity index is 151. The van der Waals surface area contributed by atoms with Gasteiger partial charge in [-0.15, -0.1) is 0 Å². The van der Waals surface area contributed by atoms with Crippen molar-refractivity contribution < 1.29 is 4.79 Å². The van der Waals surface area contributed by atoms with Gasteiger partial charge in [-0.2, -0.15) is 0 Å². The summed E-state index contributed by atoms with van der Waals surface area (Å²) in [7, 11) is 0. The van der Waals surface area contributed by atoms with E-state index in [2.05, 4.69) is 6.92 Å². The monoisotopic (exact) mass is 168 g/mol. The number of carbonyl (C=O) groups excluding carboxylic acids is 1. The fraction of sp³-hybridized carbons (Fsp3) is 0.909. The number of carbonyl (C=O) groups is 1. The van der Waals surface area contributed by atoms with E-state index in [-0.39, 0.29) is 0 Å². The van der Waals surface area contributed by atoms with Crippen LogP contribution in [0.3, 0.4) is 0 Å². The molecule has 0 aromatic rings. The summed E-state index contributed by atoms with van der Waals surface area (Å²) in [5.41, 5.74) is 0. The average molecular weight is 168 g/mol. The van der Waals surface area contributed by atoms with E-state index in [0.717, 1.165) is 24.7 Å². The van der Waals surface area contributed by atoms with Gasteiger partial charge in [-0.25, -0.2) is 0 Å². The number of ketones is 1. The highest BCUT2D eigenvalue weighted by Gasteiger charge is 2.18. The molecule has 1 aliphatic carbocycles. The largest absolute Gasteiger partial charge is 0.300 e. The second-order valence-corrected chi connectivity index (χ2v) is 4.38. The minimum absolute atomic E-state index is 0.355. The molecule has 1 fully saturated rings. The maximum absolute atomic E-state index is 10.8. The summed E-state index contributed by atoms with van der Waals surface area (Å²) >= 11 is 0. The third-order valence-corrected chi connectivity index (χ3v) is 2.95. The van der Waals surface area contributed by atoms with Gasteiger partial charge in [-0.3, -0.25) is 0 Å². The first-order chi connectivity index (χ1) is 5.68. The topological polar surface area (TPSA) is 17.1 Å². The van der Waals surface area contributed by atoms with E-state index in [4.69, 9.17) is 0 Å². The van der Waals surface area contributed by atoms with E-state index in [0.29, 0.717) is 5.78 Å². The molecule has 0 bridgehead atoms. The van der Waals surface area contributed by atoms with E-state index in [1.54, 1.807) is 6.92 Å². The molecule has 0 radical (unpaired) electrons. The molecule has 0 spiro atoms. The summed E-state index contributed by atoms with van der Waals surface area (Å²) in [4.78, 5) is 10.8. The summed E-state index contributed by atoms with van der Waals surface area (Å²) in [6, 6.07) is 0. The van der Waals surface area contributed by atoms with Gasteiger partial charge in [0.05, 0.1) is 0 Å². The molecule has 1 rings (SSSR count). The van der Waals surface area contributed by atoms with Crippen LogP contribution in [0.1, 0.15) is 52.4 Å². The van der Waals surface area contributed by atoms with Crippen molar-refractivity contribution in [2.24, 2.45) is 11.8 Å². The SMILES string of the molecule is CC(=O)CCC1CCCC(C)C1. The van der Waals surface area contributed by atoms with Gasteiger partial charge in [0.2, 0.25) is 0 Å². The summed E-state index contributed by atoms with van der Waals surface area (Å²) < 4.78 is 0. The minimum Gasteiger partial charge on any atom is -0.300 e. The quantitative estimate of drug-likeness (QED) is 0.632. The number of hydrogen-bond donors (Lipinski definition) is 0. The van der Waals surface area contributed by atoms with Gasteiger partial charge >= 0.3 is 0 Å². The molecule has 1 aliphatic rings. The zero-order valence-electron chi connectivity index (χ0n) is 8.31. The van der Waals surface area contributed by atoms with E-state index >= 15 is 0 Å². The maximum atomic E-state index is 10.8. The third-order valence-electron chi connectivity index (χ3n) is 2.95. The Balaban J connectivity index is 2.18. The Morgan fingerprint density at radius 2 is 2.17 bits per heavy atom. The van der Waals surface area contributed by atoms with Crippen LogP contribution < -0.4 is 0 Å². The molecule has 1 heteroatoms. The standard InChI is InChI=1S/C11H20O/c1-9-4-3-5-11(8-9)7-6-10(2)12/h9,11H,3-8H2,1-2H3. The summed E-state index contributed by atoms with van der Waals surface area (Å²) in [5, 5.41) is 0. The summed E-state index contributed by atoms with van der Waals surface area (Å²) in [6.45, 7) is 4.03. The van der Waals surface area contributed by atoms with Gasteiger partial charge in [-0.05, 0) is 31.6 Å². The van der Waals surface area contributed by atoms with Crippen molar-refractivity contribution in [2.75, 3.05) is 0 Å². The molecule has 1 saturated carbocycles. The van der Waals surface area contributed by atoms with Gasteiger partial charge in [0.25, 0.3) is 0 Å². The Kier molecular flexibility index (Phi) is 3.77. The fourth-order valence-corrected chi connectivity index (χ4v) is 2.23. The van der Waals surface area contributed by atoms with Crippen molar-refractivity contribution in [3.8, 4) is 0 Å². The van der Waals surface area contributed by atoms with Crippen LogP contribution in [0.15, 0.2) is 0 Å². The first-order valence-electron chi connectivity index (χ1n) is 5.18. The minimum atomic E-state index is 0.355. The van der Waals surface area contributed by atoms with Gasteiger partial charge in [0.15, 0.2) is 0 Å². The molecule has 0 aromatic carbocycles. The number of Topliss-reactive ketones (excluding diaryl/α,β-unsaturated/α-hetero) is 1. The lowest BCUT2D eigenvalue weighted by Crippen LogP contribution is -2.13. The lowest BCUT2D eigenvalue weighted by atomic mass is 9.80. The first-order valence-corrected chi connectivity index (χ1v) is 5.18. The molecule has 0 heterocycles. The number of rotatable bonds is 3. The molecule has 0 aromatic heterocycles. The van der Waals surface area contributed by atoms with Crippen molar-refractivity contribution in [3.63, 3.8) is 0 Å². The van der Waals surface area contributed by atoms with Gasteiger partial charge in [0, 0.05) is 6.42 Å². The van der Waals surface area contributed by atoms with Crippen LogP contribution in [0.2, 0.25) is 0 Å². The fourth-order valence-electron chi connectivity index (χ4n) is 2.23. The molecular weight excluding hydrogens is 148 g/mol. The van der Waals surface area contributed by atoms with Crippen molar-refractivity contribution >= 4 is 5.78 Å². The lowest BCUT2D eigenvalue weighted by molar-refractivity contribution is -0.117. The zero-order valence-corrected chi connectivity index (χ0v) is 8.31. The molecule has 0 saturated heterocycles. The van der Waals surface area contributed by atoms with Crippen LogP contribution >= 0.6 is 0 Å². The third kappa shape index (κ3) is 3.38. The first kappa shape index (κ1) is 9.76. The second kappa shape index (κ2) is 4.64. The highest BCUT2D eigenvalue weighted by Crippen LogP contribution is 2.31. The predicted octanol–water partition coefficient (Wildman–Crippen LogP) is 3.18. The average Bonchev–Trinajstić information content (AvgIpc) is 2.01. The van der Waals surface area contributed by atoms with Crippen LogP contribution in [0.4, 0.5) is 0 Å². The van der Waals surface area contributed by atoms with Crippen LogP contribution in [0, 0.1) is 11.8 Å². The Morgan fingerprint density at radius 1 is 1.42 bits per heavy atom. The van der Waals surface area contributed by atoms with Crippen molar-refractivity contribution in [3.05, 3.63) is 0 Å². The molecule has 0 N–H and O–H groups in total. The molecule has 70 valence electrons. The van der Waals surface area contributed by atoms with E-state index in [1.807, 2.05) is 0 Å². The van der Waals surface area contributed by atoms with Crippen molar-refractivity contribution in [1.29, 1.82) is 0 Å². The Morgan fingerprint density at radius 3 is 2.75 bits per heavy atom. The normalized spacial score (nSPS) is 30.2. The Hall–Kier alpha value is -0.330. The van der Waals surface area contributed by atoms with Gasteiger partial charge in [0.1, 0.15) is 5.78 Å². The maximum Gasteiger partial charge on any atom is 0.129 e. The Labute approximate surface area is 75.5 Å². The van der Waals surface area contributed by atoms with Crippen LogP contribution in [0.5, 0.6) is 0 Å². The summed E-state index contributed by atoms with van der Waals surface area (Å²) in [5.74, 6) is 2.10. The molecule has 2 unspecified atom stereocenters. The van der Waals surface area contributed by atoms with Crippen LogP contribution in [-0.2, 0) is 4.79 Å². The van der Waals surface area contributed by atoms with Crippen molar-refractivity contribution in [1.82, 2.24) is 0 Å². The second-order valence-electron chi connectivity index (χ2n) is 4.38. The van der Waals surface area contributed by atoms with Crippen LogP contribution in [0.25, 0.3) is 0 Å². The van der Waals surface area contributed by atoms with E-state index < -0.39 is 0 Å². The van der Waals surface area contributed by atoms with Crippen molar-refractivity contribution in [2.45, 2.75) is 52.4 Å². The van der Waals surface area contributed by atoms with E-state index in [1.165, 1.54) is 25.7 Å². The van der Waals surface area contributed by atoms with E-state index in [9.17, 15) is 4.79 Å². The predicted molar refractivity (Wildman–Crippen MR) is 51.0 cm³/mol. The molecule has 1 nitrogen and oxygen atoms in total. The molecule has 0 amide bonds. The molecule has 12 heavy (non-hydrogen) atoms. The molecule has 0 aliphatic heterocycles. The number of hydrogen-bond acceptors (Lipinski definition) is 1.